The van der Waals surface area contributed by atoms with Crippen LogP contribution in [0.4, 0.5) is 4.39 Å². The van der Waals surface area contributed by atoms with Crippen LogP contribution in [0, 0.1) is 5.82 Å². The number of benzene rings is 2. The van der Waals surface area contributed by atoms with E-state index in [9.17, 15) is 4.39 Å². The lowest BCUT2D eigenvalue weighted by atomic mass is 10.1. The van der Waals surface area contributed by atoms with E-state index in [4.69, 9.17) is 0 Å². The van der Waals surface area contributed by atoms with Crippen molar-refractivity contribution < 1.29 is 4.39 Å². The molecule has 0 radical (unpaired) electrons. The third kappa shape index (κ3) is 4.68. The number of hydrogen-bond acceptors (Lipinski definition) is 2. The second kappa shape index (κ2) is 9.26. The minimum Gasteiger partial charge on any atom is -0.361 e. The summed E-state index contributed by atoms with van der Waals surface area (Å²) in [4.78, 5) is 7.41. The molecule has 0 bridgehead atoms. The molecule has 6 nitrogen and oxygen atoms in total. The Hall–Kier alpha value is -3.61. The lowest BCUT2D eigenvalue weighted by Gasteiger charge is -2.11. The molecule has 2 aromatic carbocycles. The molecule has 3 N–H and O–H groups in total. The Labute approximate surface area is 174 Å². The predicted molar refractivity (Wildman–Crippen MR) is 119 cm³/mol. The predicted octanol–water partition coefficient (Wildman–Crippen LogP) is 3.44. The molecule has 0 spiro atoms. The van der Waals surface area contributed by atoms with Crippen molar-refractivity contribution in [3.63, 3.8) is 0 Å². The second-order valence-electron chi connectivity index (χ2n) is 7.06. The number of hydrogen-bond donors (Lipinski definition) is 3. The summed E-state index contributed by atoms with van der Waals surface area (Å²) in [7, 11) is 1.76. The zero-order chi connectivity index (χ0) is 20.8. The van der Waals surface area contributed by atoms with Gasteiger partial charge in [0.05, 0.1) is 11.9 Å². The fourth-order valence-electron chi connectivity index (χ4n) is 3.44. The molecule has 4 rings (SSSR count). The maximum absolute atomic E-state index is 13.3. The van der Waals surface area contributed by atoms with Gasteiger partial charge in [-0.2, -0.15) is 5.10 Å². The van der Waals surface area contributed by atoms with Gasteiger partial charge in [-0.05, 0) is 54.3 Å². The highest BCUT2D eigenvalue weighted by Crippen LogP contribution is 2.19. The fourth-order valence-corrected chi connectivity index (χ4v) is 3.44. The van der Waals surface area contributed by atoms with Crippen molar-refractivity contribution in [2.24, 2.45) is 4.99 Å². The van der Waals surface area contributed by atoms with E-state index < -0.39 is 0 Å². The van der Waals surface area contributed by atoms with Crippen molar-refractivity contribution >= 4 is 16.9 Å². The van der Waals surface area contributed by atoms with E-state index in [2.05, 4.69) is 25.7 Å². The molecule has 0 aliphatic carbocycles. The van der Waals surface area contributed by atoms with E-state index in [1.54, 1.807) is 7.05 Å². The van der Waals surface area contributed by atoms with Crippen LogP contribution in [0.5, 0.6) is 0 Å². The molecule has 0 amide bonds. The van der Waals surface area contributed by atoms with Crippen LogP contribution in [0.1, 0.15) is 11.1 Å². The summed E-state index contributed by atoms with van der Waals surface area (Å²) in [5.74, 6) is 0.532. The van der Waals surface area contributed by atoms with E-state index in [1.165, 1.54) is 12.1 Å². The zero-order valence-electron chi connectivity index (χ0n) is 16.9. The molecule has 30 heavy (non-hydrogen) atoms. The molecular weight excluding hydrogens is 379 g/mol. The topological polar surface area (TPSA) is 70.0 Å². The van der Waals surface area contributed by atoms with E-state index in [-0.39, 0.29) is 5.82 Å². The minimum atomic E-state index is -0.229. The number of para-hydroxylation sites is 1. The maximum Gasteiger partial charge on any atom is 0.190 e. The summed E-state index contributed by atoms with van der Waals surface area (Å²) in [5, 5.41) is 12.1. The number of halogens is 1. The summed E-state index contributed by atoms with van der Waals surface area (Å²) >= 11 is 0. The standard InChI is InChI=1S/C23H25FN6/c1-25-23(27-12-10-18-15-28-22-13-19(24)7-8-21(18)22)26-11-9-17-14-29-30(16-17)20-5-3-2-4-6-20/h2-8,13-16,28H,9-12H2,1H3,(H2,25,26,27). The average Bonchev–Trinajstić information content (AvgIpc) is 3.40. The molecular formula is C23H25FN6. The smallest absolute Gasteiger partial charge is 0.190 e. The molecule has 154 valence electrons. The van der Waals surface area contributed by atoms with Crippen LogP contribution in [0.2, 0.25) is 0 Å². The number of nitrogens with zero attached hydrogens (tertiary/aromatic N) is 3. The van der Waals surface area contributed by atoms with Crippen LogP contribution in [0.3, 0.4) is 0 Å². The first-order valence-corrected chi connectivity index (χ1v) is 10.0. The van der Waals surface area contributed by atoms with E-state index >= 15 is 0 Å². The molecule has 0 fully saturated rings. The Morgan fingerprint density at radius 2 is 1.90 bits per heavy atom. The normalized spacial score (nSPS) is 11.7. The van der Waals surface area contributed by atoms with Crippen molar-refractivity contribution in [1.29, 1.82) is 0 Å². The van der Waals surface area contributed by atoms with Gasteiger partial charge in [0.25, 0.3) is 0 Å². The minimum absolute atomic E-state index is 0.229. The van der Waals surface area contributed by atoms with Crippen molar-refractivity contribution in [2.75, 3.05) is 20.1 Å². The summed E-state index contributed by atoms with van der Waals surface area (Å²) in [6, 6.07) is 14.9. The second-order valence-corrected chi connectivity index (χ2v) is 7.06. The van der Waals surface area contributed by atoms with Gasteiger partial charge in [-0.25, -0.2) is 9.07 Å². The lowest BCUT2D eigenvalue weighted by Crippen LogP contribution is -2.39. The number of nitrogens with one attached hydrogen (secondary N) is 3. The Kier molecular flexibility index (Phi) is 6.08. The first kappa shape index (κ1) is 19.7. The number of H-pyrrole nitrogens is 1. The van der Waals surface area contributed by atoms with E-state index in [1.807, 2.05) is 59.7 Å². The van der Waals surface area contributed by atoms with Gasteiger partial charge in [-0.1, -0.05) is 18.2 Å². The van der Waals surface area contributed by atoms with Crippen LogP contribution >= 0.6 is 0 Å². The monoisotopic (exact) mass is 404 g/mol. The van der Waals surface area contributed by atoms with Gasteiger partial charge in [0, 0.05) is 43.4 Å². The van der Waals surface area contributed by atoms with Gasteiger partial charge in [0.15, 0.2) is 5.96 Å². The third-order valence-corrected chi connectivity index (χ3v) is 5.00. The number of aliphatic imine (C=N–C) groups is 1. The van der Waals surface area contributed by atoms with Crippen LogP contribution in [0.25, 0.3) is 16.6 Å². The molecule has 0 aliphatic heterocycles. The first-order valence-electron chi connectivity index (χ1n) is 10.0. The summed E-state index contributed by atoms with van der Waals surface area (Å²) < 4.78 is 15.2. The molecule has 7 heteroatoms. The highest BCUT2D eigenvalue weighted by molar-refractivity contribution is 5.83. The molecule has 0 aliphatic rings. The van der Waals surface area contributed by atoms with Crippen molar-refractivity contribution in [1.82, 2.24) is 25.4 Å². The first-order chi connectivity index (χ1) is 14.7. The number of aromatic nitrogens is 3. The summed E-state index contributed by atoms with van der Waals surface area (Å²) in [6.45, 7) is 1.49. The molecule has 4 aromatic rings. The Balaban J connectivity index is 1.24. The largest absolute Gasteiger partial charge is 0.361 e. The molecule has 0 unspecified atom stereocenters. The van der Waals surface area contributed by atoms with Gasteiger partial charge in [0.1, 0.15) is 5.82 Å². The molecule has 2 aromatic heterocycles. The van der Waals surface area contributed by atoms with Crippen molar-refractivity contribution in [3.05, 3.63) is 84.1 Å². The maximum atomic E-state index is 13.3. The third-order valence-electron chi connectivity index (χ3n) is 5.00. The highest BCUT2D eigenvalue weighted by Gasteiger charge is 2.06. The number of fused-ring (bicyclic) bond motifs is 1. The SMILES string of the molecule is CN=C(NCCc1cnn(-c2ccccc2)c1)NCCc1c[nH]c2cc(F)ccc12. The quantitative estimate of drug-likeness (QED) is 0.326. The van der Waals surface area contributed by atoms with Crippen LogP contribution in [-0.2, 0) is 12.8 Å². The molecule has 0 saturated heterocycles. The molecule has 0 atom stereocenters. The van der Waals surface area contributed by atoms with Gasteiger partial charge in [0.2, 0.25) is 0 Å². The van der Waals surface area contributed by atoms with Gasteiger partial charge < -0.3 is 15.6 Å². The highest BCUT2D eigenvalue weighted by atomic mass is 19.1. The van der Waals surface area contributed by atoms with Crippen LogP contribution in [-0.4, -0.2) is 40.9 Å². The van der Waals surface area contributed by atoms with Gasteiger partial charge in [-0.3, -0.25) is 4.99 Å². The average molecular weight is 404 g/mol. The Bertz CT molecular complexity index is 1130. The number of aromatic amines is 1. The number of rotatable bonds is 7. The Morgan fingerprint density at radius 3 is 2.70 bits per heavy atom. The zero-order valence-corrected chi connectivity index (χ0v) is 16.9. The van der Waals surface area contributed by atoms with Gasteiger partial charge >= 0.3 is 0 Å². The fraction of sp³-hybridized carbons (Fsp3) is 0.217. The van der Waals surface area contributed by atoms with Crippen molar-refractivity contribution in [3.8, 4) is 5.69 Å². The summed E-state index contributed by atoms with van der Waals surface area (Å²) in [5.41, 5.74) is 4.19. The molecule has 2 heterocycles. The van der Waals surface area contributed by atoms with E-state index in [0.29, 0.717) is 0 Å². The lowest BCUT2D eigenvalue weighted by molar-refractivity contribution is 0.629. The Morgan fingerprint density at radius 1 is 1.10 bits per heavy atom. The van der Waals surface area contributed by atoms with Crippen LogP contribution < -0.4 is 10.6 Å². The van der Waals surface area contributed by atoms with Crippen LogP contribution in [0.15, 0.2) is 72.1 Å². The van der Waals surface area contributed by atoms with Crippen molar-refractivity contribution in [2.45, 2.75) is 12.8 Å². The summed E-state index contributed by atoms with van der Waals surface area (Å²) in [6.07, 6.45) is 7.54. The van der Waals surface area contributed by atoms with Gasteiger partial charge in [-0.15, -0.1) is 0 Å². The molecule has 0 saturated carbocycles. The van der Waals surface area contributed by atoms with E-state index in [0.717, 1.165) is 59.6 Å². The number of guanidine groups is 1.